The maximum atomic E-state index is 12.1. The Hall–Kier alpha value is -2.40. The number of benzene rings is 1. The van der Waals surface area contributed by atoms with Crippen LogP contribution in [0.15, 0.2) is 36.5 Å². The van der Waals surface area contributed by atoms with Gasteiger partial charge in [0, 0.05) is 6.20 Å². The van der Waals surface area contributed by atoms with E-state index in [1.165, 1.54) is 18.3 Å². The summed E-state index contributed by atoms with van der Waals surface area (Å²) >= 11 is 5.83. The van der Waals surface area contributed by atoms with E-state index >= 15 is 0 Å². The van der Waals surface area contributed by atoms with Gasteiger partial charge >= 0.3 is 5.97 Å². The van der Waals surface area contributed by atoms with Crippen molar-refractivity contribution in [3.05, 3.63) is 58.4 Å². The maximum absolute atomic E-state index is 12.1. The van der Waals surface area contributed by atoms with Crippen molar-refractivity contribution in [2.75, 3.05) is 5.32 Å². The number of carboxylic acid groups (broad SMARTS) is 1. The molecule has 0 saturated heterocycles. The zero-order valence-corrected chi connectivity index (χ0v) is 11.3. The number of anilines is 1. The number of hydrogen-bond donors (Lipinski definition) is 2. The molecule has 0 spiro atoms. The number of aromatic carboxylic acids is 1. The van der Waals surface area contributed by atoms with Crippen LogP contribution in [0.3, 0.4) is 0 Å². The molecule has 5 nitrogen and oxygen atoms in total. The second-order valence-corrected chi connectivity index (χ2v) is 4.46. The number of hydrogen-bond acceptors (Lipinski definition) is 3. The molecule has 2 aromatic rings. The van der Waals surface area contributed by atoms with E-state index in [1.807, 2.05) is 0 Å². The second-order valence-electron chi connectivity index (χ2n) is 4.10. The summed E-state index contributed by atoms with van der Waals surface area (Å²) in [4.78, 5) is 27.1. The van der Waals surface area contributed by atoms with Crippen molar-refractivity contribution in [1.82, 2.24) is 4.98 Å². The van der Waals surface area contributed by atoms with Crippen LogP contribution in [0.2, 0.25) is 5.15 Å². The van der Waals surface area contributed by atoms with Crippen molar-refractivity contribution < 1.29 is 14.7 Å². The molecule has 0 aliphatic carbocycles. The lowest BCUT2D eigenvalue weighted by Crippen LogP contribution is -2.16. The number of halogens is 1. The van der Waals surface area contributed by atoms with Crippen molar-refractivity contribution in [3.8, 4) is 0 Å². The molecule has 0 bridgehead atoms. The molecule has 0 aliphatic heterocycles. The van der Waals surface area contributed by atoms with Crippen molar-refractivity contribution in [3.63, 3.8) is 0 Å². The number of carbonyl (C=O) groups excluding carboxylic acids is 1. The Kier molecular flexibility index (Phi) is 4.00. The molecule has 1 amide bonds. The third kappa shape index (κ3) is 2.78. The molecule has 0 radical (unpaired) electrons. The van der Waals surface area contributed by atoms with Crippen LogP contribution < -0.4 is 5.32 Å². The normalized spacial score (nSPS) is 10.1. The predicted octanol–water partition coefficient (Wildman–Crippen LogP) is 2.99. The molecule has 1 aromatic carbocycles. The van der Waals surface area contributed by atoms with Crippen LogP contribution in [-0.2, 0) is 0 Å². The van der Waals surface area contributed by atoms with Gasteiger partial charge in [0.2, 0.25) is 0 Å². The number of carboxylic acids is 1. The Balaban J connectivity index is 2.36. The summed E-state index contributed by atoms with van der Waals surface area (Å²) < 4.78 is 0. The van der Waals surface area contributed by atoms with Crippen LogP contribution in [0.5, 0.6) is 0 Å². The Morgan fingerprint density at radius 2 is 2.00 bits per heavy atom. The molecular weight excluding hydrogens is 280 g/mol. The van der Waals surface area contributed by atoms with Gasteiger partial charge in [-0.25, -0.2) is 9.78 Å². The van der Waals surface area contributed by atoms with Gasteiger partial charge in [0.15, 0.2) is 0 Å². The topological polar surface area (TPSA) is 79.3 Å². The zero-order valence-electron chi connectivity index (χ0n) is 10.6. The van der Waals surface area contributed by atoms with E-state index in [2.05, 4.69) is 10.3 Å². The predicted molar refractivity (Wildman–Crippen MR) is 75.3 cm³/mol. The number of nitrogens with zero attached hydrogens (tertiary/aromatic N) is 1. The van der Waals surface area contributed by atoms with Gasteiger partial charge in [-0.2, -0.15) is 0 Å². The first-order chi connectivity index (χ1) is 9.50. The Labute approximate surface area is 120 Å². The van der Waals surface area contributed by atoms with E-state index in [-0.39, 0.29) is 22.0 Å². The van der Waals surface area contributed by atoms with Gasteiger partial charge < -0.3 is 10.4 Å². The van der Waals surface area contributed by atoms with Gasteiger partial charge in [-0.05, 0) is 30.7 Å². The minimum Gasteiger partial charge on any atom is -0.478 e. The molecular formula is C14H11ClN2O3. The van der Waals surface area contributed by atoms with E-state index in [1.54, 1.807) is 25.1 Å². The summed E-state index contributed by atoms with van der Waals surface area (Å²) in [7, 11) is 0. The lowest BCUT2D eigenvalue weighted by Gasteiger charge is -2.10. The monoisotopic (exact) mass is 290 g/mol. The minimum absolute atomic E-state index is 0.0564. The highest BCUT2D eigenvalue weighted by Crippen LogP contribution is 2.21. The first-order valence-corrected chi connectivity index (χ1v) is 6.13. The average molecular weight is 291 g/mol. The van der Waals surface area contributed by atoms with Gasteiger partial charge in [0.1, 0.15) is 5.15 Å². The molecule has 0 unspecified atom stereocenters. The number of nitrogens with one attached hydrogen (secondary N) is 1. The highest BCUT2D eigenvalue weighted by Gasteiger charge is 2.17. The fourth-order valence-corrected chi connectivity index (χ4v) is 2.01. The van der Waals surface area contributed by atoms with Gasteiger partial charge in [-0.3, -0.25) is 4.79 Å². The Morgan fingerprint density at radius 3 is 2.65 bits per heavy atom. The van der Waals surface area contributed by atoms with E-state index in [4.69, 9.17) is 11.6 Å². The fourth-order valence-electron chi connectivity index (χ4n) is 1.80. The van der Waals surface area contributed by atoms with Crippen LogP contribution in [0.25, 0.3) is 0 Å². The first kappa shape index (κ1) is 14.0. The maximum Gasteiger partial charge on any atom is 0.338 e. The Morgan fingerprint density at radius 1 is 1.25 bits per heavy atom. The largest absolute Gasteiger partial charge is 0.478 e. The summed E-state index contributed by atoms with van der Waals surface area (Å²) in [5, 5.41) is 11.8. The zero-order chi connectivity index (χ0) is 14.7. The van der Waals surface area contributed by atoms with Gasteiger partial charge in [-0.1, -0.05) is 23.7 Å². The molecule has 2 N–H and O–H groups in total. The standard InChI is InChI=1S/C14H11ClN2O3/c1-8-4-2-6-10(11(8)14(19)20)17-13(18)9-5-3-7-16-12(9)15/h2-7H,1H3,(H,17,18)(H,19,20). The molecule has 0 saturated carbocycles. The number of aryl methyl sites for hydroxylation is 1. The molecule has 2 rings (SSSR count). The third-order valence-corrected chi connectivity index (χ3v) is 3.04. The summed E-state index contributed by atoms with van der Waals surface area (Å²) in [6.45, 7) is 1.66. The van der Waals surface area contributed by atoms with Crippen LogP contribution in [0.4, 0.5) is 5.69 Å². The third-order valence-electron chi connectivity index (χ3n) is 2.74. The number of carbonyl (C=O) groups is 2. The van der Waals surface area contributed by atoms with Crippen LogP contribution >= 0.6 is 11.6 Å². The highest BCUT2D eigenvalue weighted by atomic mass is 35.5. The molecule has 1 aromatic heterocycles. The van der Waals surface area contributed by atoms with Crippen molar-refractivity contribution >= 4 is 29.2 Å². The van der Waals surface area contributed by atoms with Crippen LogP contribution in [0, 0.1) is 6.92 Å². The van der Waals surface area contributed by atoms with Crippen LogP contribution in [-0.4, -0.2) is 22.0 Å². The summed E-state index contributed by atoms with van der Waals surface area (Å²) in [6.07, 6.45) is 1.47. The number of amides is 1. The lowest BCUT2D eigenvalue weighted by molar-refractivity contribution is 0.0697. The quantitative estimate of drug-likeness (QED) is 0.852. The van der Waals surface area contributed by atoms with Crippen molar-refractivity contribution in [2.24, 2.45) is 0 Å². The molecule has 0 aliphatic rings. The number of aromatic nitrogens is 1. The molecule has 0 atom stereocenters. The second kappa shape index (κ2) is 5.71. The smallest absolute Gasteiger partial charge is 0.338 e. The Bertz CT molecular complexity index is 686. The SMILES string of the molecule is Cc1cccc(NC(=O)c2cccnc2Cl)c1C(=O)O. The minimum atomic E-state index is -1.10. The van der Waals surface area contributed by atoms with E-state index in [0.717, 1.165) is 0 Å². The van der Waals surface area contributed by atoms with E-state index in [0.29, 0.717) is 5.56 Å². The average Bonchev–Trinajstić information content (AvgIpc) is 2.38. The first-order valence-electron chi connectivity index (χ1n) is 5.75. The molecule has 102 valence electrons. The number of pyridine rings is 1. The summed E-state index contributed by atoms with van der Waals surface area (Å²) in [5.41, 5.74) is 1.03. The summed E-state index contributed by atoms with van der Waals surface area (Å²) in [5.74, 6) is -1.60. The van der Waals surface area contributed by atoms with E-state index < -0.39 is 11.9 Å². The molecule has 6 heteroatoms. The molecule has 20 heavy (non-hydrogen) atoms. The van der Waals surface area contributed by atoms with Gasteiger partial charge in [0.25, 0.3) is 5.91 Å². The van der Waals surface area contributed by atoms with Crippen LogP contribution in [0.1, 0.15) is 26.3 Å². The summed E-state index contributed by atoms with van der Waals surface area (Å²) in [6, 6.07) is 7.95. The van der Waals surface area contributed by atoms with Crippen molar-refractivity contribution in [2.45, 2.75) is 6.92 Å². The van der Waals surface area contributed by atoms with Crippen molar-refractivity contribution in [1.29, 1.82) is 0 Å². The number of rotatable bonds is 3. The van der Waals surface area contributed by atoms with Gasteiger partial charge in [0.05, 0.1) is 16.8 Å². The lowest BCUT2D eigenvalue weighted by atomic mass is 10.1. The molecule has 0 fully saturated rings. The van der Waals surface area contributed by atoms with Gasteiger partial charge in [-0.15, -0.1) is 0 Å². The van der Waals surface area contributed by atoms with E-state index in [9.17, 15) is 14.7 Å². The fraction of sp³-hybridized carbons (Fsp3) is 0.0714. The highest BCUT2D eigenvalue weighted by molar-refractivity contribution is 6.33. The molecule has 1 heterocycles.